The fraction of sp³-hybridized carbons (Fsp3) is 0.778. The molecule has 224 valence electrons. The summed E-state index contributed by atoms with van der Waals surface area (Å²) in [6.45, 7) is 8.30. The van der Waals surface area contributed by atoms with Crippen LogP contribution in [-0.2, 0) is 28.8 Å². The zero-order valence-corrected chi connectivity index (χ0v) is 23.8. The van der Waals surface area contributed by atoms with Crippen LogP contribution in [0.15, 0.2) is 0 Å². The Kier molecular flexibility index (Phi) is 19.0. The number of unbranched alkanes of at least 4 members (excludes halogenated alkanes) is 4. The fourth-order valence-electron chi connectivity index (χ4n) is 3.78. The molecular weight excluding hydrogens is 508 g/mol. The Hall–Kier alpha value is -3.18. The maximum atomic E-state index is 12.5. The molecule has 0 aliphatic carbocycles. The number of hydrogen-bond donors (Lipinski definition) is 6. The van der Waals surface area contributed by atoms with Crippen LogP contribution in [-0.4, -0.2) is 71.0 Å². The lowest BCUT2D eigenvalue weighted by Gasteiger charge is -2.22. The minimum absolute atomic E-state index is 0.0601. The molecule has 0 unspecified atom stereocenters. The summed E-state index contributed by atoms with van der Waals surface area (Å²) in [6.07, 6.45) is 4.65. The van der Waals surface area contributed by atoms with Gasteiger partial charge in [0.15, 0.2) is 0 Å². The summed E-state index contributed by atoms with van der Waals surface area (Å²) in [5, 5.41) is 28.4. The number of carboxylic acid groups (broad SMARTS) is 2. The van der Waals surface area contributed by atoms with E-state index in [1.807, 2.05) is 27.7 Å². The van der Waals surface area contributed by atoms with Crippen LogP contribution in [0.2, 0.25) is 0 Å². The summed E-state index contributed by atoms with van der Waals surface area (Å²) >= 11 is 0. The number of rotatable bonds is 22. The van der Waals surface area contributed by atoms with Crippen LogP contribution in [0.3, 0.4) is 0 Å². The normalized spacial score (nSPS) is 12.5. The van der Waals surface area contributed by atoms with Gasteiger partial charge in [0, 0.05) is 38.8 Å². The van der Waals surface area contributed by atoms with Gasteiger partial charge in [0.1, 0.15) is 12.1 Å². The van der Waals surface area contributed by atoms with Crippen molar-refractivity contribution in [2.24, 2.45) is 11.8 Å². The number of aliphatic carboxylic acids is 2. The van der Waals surface area contributed by atoms with Gasteiger partial charge in [0.05, 0.1) is 0 Å². The molecule has 0 fully saturated rings. The second-order valence-corrected chi connectivity index (χ2v) is 10.4. The maximum absolute atomic E-state index is 12.5. The Morgan fingerprint density at radius 2 is 0.846 bits per heavy atom. The molecule has 12 heteroatoms. The van der Waals surface area contributed by atoms with E-state index < -0.39 is 24.0 Å². The van der Waals surface area contributed by atoms with Crippen LogP contribution in [0.25, 0.3) is 0 Å². The van der Waals surface area contributed by atoms with Gasteiger partial charge in [-0.3, -0.25) is 28.8 Å². The average molecular weight is 557 g/mol. The van der Waals surface area contributed by atoms with Crippen LogP contribution in [0.5, 0.6) is 0 Å². The van der Waals surface area contributed by atoms with Gasteiger partial charge < -0.3 is 31.5 Å². The third kappa shape index (κ3) is 18.7. The molecule has 0 bridgehead atoms. The predicted molar refractivity (Wildman–Crippen MR) is 146 cm³/mol. The van der Waals surface area contributed by atoms with E-state index in [1.165, 1.54) is 0 Å². The van der Waals surface area contributed by atoms with Gasteiger partial charge >= 0.3 is 11.9 Å². The molecule has 0 aromatic heterocycles. The van der Waals surface area contributed by atoms with Gasteiger partial charge in [-0.05, 0) is 37.5 Å². The third-order valence-electron chi connectivity index (χ3n) is 6.07. The van der Waals surface area contributed by atoms with Gasteiger partial charge in [-0.25, -0.2) is 0 Å². The first-order valence-corrected chi connectivity index (χ1v) is 13.9. The zero-order valence-electron chi connectivity index (χ0n) is 23.8. The SMILES string of the molecule is CC(C)[C@H](NC(=O)CCCC(=O)O)C(=O)NCCCCCCCNC(=O)[C@@H](NC(=O)CCCC(=O)O)C(C)C. The molecule has 12 nitrogen and oxygen atoms in total. The molecule has 0 radical (unpaired) electrons. The maximum Gasteiger partial charge on any atom is 0.303 e. The van der Waals surface area contributed by atoms with E-state index in [9.17, 15) is 28.8 Å². The molecule has 0 saturated heterocycles. The number of hydrogen-bond acceptors (Lipinski definition) is 6. The van der Waals surface area contributed by atoms with Gasteiger partial charge in [-0.2, -0.15) is 0 Å². The highest BCUT2D eigenvalue weighted by Crippen LogP contribution is 2.07. The van der Waals surface area contributed by atoms with Crippen LogP contribution < -0.4 is 21.3 Å². The van der Waals surface area contributed by atoms with Gasteiger partial charge in [-0.15, -0.1) is 0 Å². The molecule has 0 aliphatic heterocycles. The number of carbonyl (C=O) groups is 6. The summed E-state index contributed by atoms with van der Waals surface area (Å²) in [7, 11) is 0. The van der Waals surface area contributed by atoms with Crippen molar-refractivity contribution in [3.8, 4) is 0 Å². The Labute approximate surface area is 231 Å². The lowest BCUT2D eigenvalue weighted by Crippen LogP contribution is -2.49. The Morgan fingerprint density at radius 3 is 1.15 bits per heavy atom. The predicted octanol–water partition coefficient (Wildman–Crippen LogP) is 1.96. The lowest BCUT2D eigenvalue weighted by atomic mass is 10.0. The van der Waals surface area contributed by atoms with Crippen LogP contribution in [0, 0.1) is 11.8 Å². The standard InChI is InChI=1S/C27H48N4O8/c1-18(2)24(30-20(32)12-10-14-22(34)35)26(38)28-16-8-6-5-7-9-17-29-27(39)25(19(3)4)31-21(33)13-11-15-23(36)37/h18-19,24-25H,5-17H2,1-4H3,(H,28,38)(H,29,39)(H,30,32)(H,31,33)(H,34,35)(H,36,37)/t24-,25-/m0/s1. The molecule has 4 amide bonds. The van der Waals surface area contributed by atoms with Crippen LogP contribution >= 0.6 is 0 Å². The van der Waals surface area contributed by atoms with Gasteiger partial charge in [0.2, 0.25) is 23.6 Å². The highest BCUT2D eigenvalue weighted by Gasteiger charge is 2.24. The van der Waals surface area contributed by atoms with Gasteiger partial charge in [-0.1, -0.05) is 47.0 Å². The highest BCUT2D eigenvalue weighted by molar-refractivity contribution is 5.88. The smallest absolute Gasteiger partial charge is 0.303 e. The summed E-state index contributed by atoms with van der Waals surface area (Å²) < 4.78 is 0. The van der Waals surface area contributed by atoms with Crippen molar-refractivity contribution in [3.63, 3.8) is 0 Å². The molecule has 0 saturated carbocycles. The first-order valence-electron chi connectivity index (χ1n) is 13.9. The highest BCUT2D eigenvalue weighted by atomic mass is 16.4. The average Bonchev–Trinajstić information content (AvgIpc) is 2.83. The van der Waals surface area contributed by atoms with E-state index in [2.05, 4.69) is 21.3 Å². The Bertz CT molecular complexity index is 737. The van der Waals surface area contributed by atoms with Gasteiger partial charge in [0.25, 0.3) is 0 Å². The Balaban J connectivity index is 4.12. The number of amides is 4. The van der Waals surface area contributed by atoms with Crippen LogP contribution in [0.1, 0.15) is 98.3 Å². The van der Waals surface area contributed by atoms with Crippen molar-refractivity contribution in [1.82, 2.24) is 21.3 Å². The molecule has 6 N–H and O–H groups in total. The van der Waals surface area contributed by atoms with Crippen molar-refractivity contribution < 1.29 is 39.0 Å². The molecule has 0 spiro atoms. The summed E-state index contributed by atoms with van der Waals surface area (Å²) in [6, 6.07) is -1.34. The van der Waals surface area contributed by atoms with Crippen molar-refractivity contribution in [1.29, 1.82) is 0 Å². The van der Waals surface area contributed by atoms with Crippen molar-refractivity contribution in [2.45, 2.75) is 110 Å². The van der Waals surface area contributed by atoms with Crippen molar-refractivity contribution in [2.75, 3.05) is 13.1 Å². The minimum atomic E-state index is -0.959. The summed E-state index contributed by atoms with van der Waals surface area (Å²) in [5.74, 6) is -3.32. The molecule has 0 rings (SSSR count). The fourth-order valence-corrected chi connectivity index (χ4v) is 3.78. The number of carbonyl (C=O) groups excluding carboxylic acids is 4. The van der Waals surface area contributed by atoms with E-state index in [4.69, 9.17) is 10.2 Å². The molecule has 0 aromatic carbocycles. The van der Waals surface area contributed by atoms with E-state index in [-0.39, 0.29) is 74.0 Å². The lowest BCUT2D eigenvalue weighted by molar-refractivity contribution is -0.138. The Morgan fingerprint density at radius 1 is 0.513 bits per heavy atom. The molecule has 0 aliphatic rings. The first kappa shape index (κ1) is 35.8. The molecule has 39 heavy (non-hydrogen) atoms. The second-order valence-electron chi connectivity index (χ2n) is 10.4. The van der Waals surface area contributed by atoms with Crippen LogP contribution in [0.4, 0.5) is 0 Å². The minimum Gasteiger partial charge on any atom is -0.481 e. The largest absolute Gasteiger partial charge is 0.481 e. The molecule has 2 atom stereocenters. The summed E-state index contributed by atoms with van der Waals surface area (Å²) in [4.78, 5) is 70.1. The second kappa shape index (κ2) is 20.7. The van der Waals surface area contributed by atoms with E-state index in [0.29, 0.717) is 13.1 Å². The molecule has 0 heterocycles. The quantitative estimate of drug-likeness (QED) is 0.109. The van der Waals surface area contributed by atoms with E-state index in [1.54, 1.807) is 0 Å². The molecule has 0 aromatic rings. The third-order valence-corrected chi connectivity index (χ3v) is 6.07. The molecular formula is C27H48N4O8. The number of nitrogens with one attached hydrogen (secondary N) is 4. The zero-order chi connectivity index (χ0) is 29.8. The van der Waals surface area contributed by atoms with E-state index in [0.717, 1.165) is 32.1 Å². The van der Waals surface area contributed by atoms with E-state index >= 15 is 0 Å². The monoisotopic (exact) mass is 556 g/mol. The van der Waals surface area contributed by atoms with Crippen molar-refractivity contribution >= 4 is 35.6 Å². The number of carboxylic acids is 2. The topological polar surface area (TPSA) is 191 Å². The summed E-state index contributed by atoms with van der Waals surface area (Å²) in [5.41, 5.74) is 0. The van der Waals surface area contributed by atoms with Crippen molar-refractivity contribution in [3.05, 3.63) is 0 Å². The first-order chi connectivity index (χ1) is 18.3.